The molecule has 0 unspecified atom stereocenters. The third-order valence-electron chi connectivity index (χ3n) is 2.75. The van der Waals surface area contributed by atoms with Crippen LogP contribution in [0.5, 0.6) is 5.75 Å². The molecule has 0 aliphatic carbocycles. The summed E-state index contributed by atoms with van der Waals surface area (Å²) in [5.41, 5.74) is 6.39. The topological polar surface area (TPSA) is 35.2 Å². The molecule has 1 aromatic heterocycles. The largest absolute Gasteiger partial charge is 0.497 e. The second kappa shape index (κ2) is 6.47. The maximum atomic E-state index is 12.8. The third kappa shape index (κ3) is 3.65. The molecule has 2 aromatic rings. The minimum atomic E-state index is -4.42. The Kier molecular flexibility index (Phi) is 5.44. The van der Waals surface area contributed by atoms with Crippen LogP contribution in [0.4, 0.5) is 13.2 Å². The fourth-order valence-electron chi connectivity index (χ4n) is 1.73. The Morgan fingerprint density at radius 1 is 1.20 bits per heavy atom. The van der Waals surface area contributed by atoms with E-state index in [0.29, 0.717) is 5.56 Å². The molecule has 0 radical (unpaired) electrons. The number of halogens is 4. The average molecular weight is 324 g/mol. The molecule has 2 N–H and O–H groups in total. The Hall–Kier alpha value is -1.24. The van der Waals surface area contributed by atoms with Crippen LogP contribution in [-0.2, 0) is 6.18 Å². The molecule has 0 aliphatic rings. The van der Waals surface area contributed by atoms with Crippen LogP contribution in [0.15, 0.2) is 35.0 Å². The van der Waals surface area contributed by atoms with Gasteiger partial charge in [0.15, 0.2) is 0 Å². The highest BCUT2D eigenvalue weighted by Crippen LogP contribution is 2.35. The summed E-state index contributed by atoms with van der Waals surface area (Å²) in [5, 5.41) is 3.65. The molecule has 1 atom stereocenters. The Morgan fingerprint density at radius 2 is 1.90 bits per heavy atom. The van der Waals surface area contributed by atoms with Crippen molar-refractivity contribution in [2.75, 3.05) is 7.11 Å². The van der Waals surface area contributed by atoms with E-state index in [1.54, 1.807) is 6.07 Å². The zero-order valence-corrected chi connectivity index (χ0v) is 12.1. The van der Waals surface area contributed by atoms with Crippen LogP contribution in [0.25, 0.3) is 0 Å². The molecular weight excluding hydrogens is 311 g/mol. The van der Waals surface area contributed by atoms with Crippen molar-refractivity contribution in [2.45, 2.75) is 12.2 Å². The number of benzene rings is 1. The van der Waals surface area contributed by atoms with Crippen LogP contribution in [0.2, 0.25) is 0 Å². The highest BCUT2D eigenvalue weighted by molar-refractivity contribution is 7.08. The summed E-state index contributed by atoms with van der Waals surface area (Å²) in [4.78, 5) is 0. The summed E-state index contributed by atoms with van der Waals surface area (Å²) in [6.45, 7) is 0. The Balaban J connectivity index is 0.00000200. The quantitative estimate of drug-likeness (QED) is 0.916. The van der Waals surface area contributed by atoms with E-state index in [9.17, 15) is 13.2 Å². The zero-order valence-electron chi connectivity index (χ0n) is 10.5. The van der Waals surface area contributed by atoms with Crippen molar-refractivity contribution in [3.8, 4) is 5.75 Å². The lowest BCUT2D eigenvalue weighted by Gasteiger charge is -2.15. The van der Waals surface area contributed by atoms with E-state index < -0.39 is 17.8 Å². The van der Waals surface area contributed by atoms with Crippen molar-refractivity contribution in [3.63, 3.8) is 0 Å². The van der Waals surface area contributed by atoms with Gasteiger partial charge in [-0.25, -0.2) is 0 Å². The number of ether oxygens (including phenoxy) is 1. The lowest BCUT2D eigenvalue weighted by molar-refractivity contribution is -0.137. The smallest absolute Gasteiger partial charge is 0.416 e. The van der Waals surface area contributed by atoms with Gasteiger partial charge in [-0.3, -0.25) is 0 Å². The molecule has 0 fully saturated rings. The molecular formula is C13H13ClF3NOS. The molecule has 7 heteroatoms. The highest BCUT2D eigenvalue weighted by atomic mass is 35.5. The van der Waals surface area contributed by atoms with Crippen molar-refractivity contribution < 1.29 is 17.9 Å². The van der Waals surface area contributed by atoms with Crippen molar-refractivity contribution in [3.05, 3.63) is 51.7 Å². The van der Waals surface area contributed by atoms with E-state index in [2.05, 4.69) is 0 Å². The van der Waals surface area contributed by atoms with Gasteiger partial charge in [0.25, 0.3) is 0 Å². The van der Waals surface area contributed by atoms with Gasteiger partial charge >= 0.3 is 6.18 Å². The Bertz CT molecular complexity index is 557. The first kappa shape index (κ1) is 16.8. The van der Waals surface area contributed by atoms with Crippen LogP contribution < -0.4 is 10.5 Å². The minimum Gasteiger partial charge on any atom is -0.497 e. The van der Waals surface area contributed by atoms with Crippen LogP contribution >= 0.6 is 23.7 Å². The fraction of sp³-hybridized carbons (Fsp3) is 0.231. The van der Waals surface area contributed by atoms with E-state index in [1.807, 2.05) is 10.8 Å². The van der Waals surface area contributed by atoms with E-state index in [0.717, 1.165) is 17.7 Å². The van der Waals surface area contributed by atoms with Crippen LogP contribution in [0.3, 0.4) is 0 Å². The van der Waals surface area contributed by atoms with E-state index in [1.165, 1.54) is 24.5 Å². The molecule has 0 bridgehead atoms. The van der Waals surface area contributed by atoms with Gasteiger partial charge in [0.2, 0.25) is 0 Å². The molecule has 2 nitrogen and oxygen atoms in total. The first-order valence-corrected chi connectivity index (χ1v) is 6.40. The number of rotatable bonds is 3. The monoisotopic (exact) mass is 323 g/mol. The van der Waals surface area contributed by atoms with Crippen LogP contribution in [0.1, 0.15) is 22.7 Å². The SMILES string of the molecule is COc1cc([C@H](N)c2ccsc2)cc(C(F)(F)F)c1.Cl. The molecule has 0 saturated carbocycles. The van der Waals surface area contributed by atoms with Gasteiger partial charge in [-0.05, 0) is 46.2 Å². The van der Waals surface area contributed by atoms with E-state index >= 15 is 0 Å². The van der Waals surface area contributed by atoms with Gasteiger partial charge < -0.3 is 10.5 Å². The van der Waals surface area contributed by atoms with Gasteiger partial charge in [0.05, 0.1) is 18.7 Å². The number of thiophene rings is 1. The third-order valence-corrected chi connectivity index (χ3v) is 3.45. The maximum Gasteiger partial charge on any atom is 0.416 e. The molecule has 1 aromatic carbocycles. The molecule has 110 valence electrons. The second-order valence-electron chi connectivity index (χ2n) is 4.03. The van der Waals surface area contributed by atoms with Crippen molar-refractivity contribution in [2.24, 2.45) is 5.73 Å². The van der Waals surface area contributed by atoms with Gasteiger partial charge in [-0.1, -0.05) is 0 Å². The first-order valence-electron chi connectivity index (χ1n) is 5.45. The lowest BCUT2D eigenvalue weighted by atomic mass is 9.99. The highest BCUT2D eigenvalue weighted by Gasteiger charge is 2.32. The number of methoxy groups -OCH3 is 1. The Labute approximate surface area is 124 Å². The minimum absolute atomic E-state index is 0. The summed E-state index contributed by atoms with van der Waals surface area (Å²) < 4.78 is 43.3. The number of hydrogen-bond donors (Lipinski definition) is 1. The molecule has 0 aliphatic heterocycles. The van der Waals surface area contributed by atoms with Crippen LogP contribution in [0, 0.1) is 0 Å². The predicted octanol–water partition coefficient (Wildman–Crippen LogP) is 4.25. The summed E-state index contributed by atoms with van der Waals surface area (Å²) in [6, 6.07) is 4.75. The normalized spacial score (nSPS) is 12.7. The molecule has 20 heavy (non-hydrogen) atoms. The standard InChI is InChI=1S/C13H12F3NOS.ClH/c1-18-11-5-9(4-10(6-11)13(14,15)16)12(17)8-2-3-19-7-8;/h2-7,12H,17H2,1H3;1H/t12-;/m1./s1. The number of hydrogen-bond acceptors (Lipinski definition) is 3. The van der Waals surface area contributed by atoms with Crippen molar-refractivity contribution >= 4 is 23.7 Å². The molecule has 2 rings (SSSR count). The summed E-state index contributed by atoms with van der Waals surface area (Å²) >= 11 is 1.45. The number of alkyl halides is 3. The maximum absolute atomic E-state index is 12.8. The number of nitrogens with two attached hydrogens (primary N) is 1. The van der Waals surface area contributed by atoms with Crippen molar-refractivity contribution in [1.29, 1.82) is 0 Å². The van der Waals surface area contributed by atoms with Gasteiger partial charge in [0, 0.05) is 0 Å². The van der Waals surface area contributed by atoms with Gasteiger partial charge in [-0.15, -0.1) is 12.4 Å². The first-order chi connectivity index (χ1) is 8.91. The fourth-order valence-corrected chi connectivity index (χ4v) is 2.42. The molecule has 0 amide bonds. The van der Waals surface area contributed by atoms with E-state index in [-0.39, 0.29) is 18.2 Å². The van der Waals surface area contributed by atoms with Crippen molar-refractivity contribution in [1.82, 2.24) is 0 Å². The van der Waals surface area contributed by atoms with Gasteiger partial charge in [0.1, 0.15) is 5.75 Å². The molecule has 0 spiro atoms. The Morgan fingerprint density at radius 3 is 2.40 bits per heavy atom. The average Bonchev–Trinajstić information content (AvgIpc) is 2.90. The predicted molar refractivity (Wildman–Crippen MR) is 75.6 cm³/mol. The summed E-state index contributed by atoms with van der Waals surface area (Å²) in [5.74, 6) is 0.149. The lowest BCUT2D eigenvalue weighted by Crippen LogP contribution is -2.13. The van der Waals surface area contributed by atoms with Gasteiger partial charge in [-0.2, -0.15) is 24.5 Å². The van der Waals surface area contributed by atoms with E-state index in [4.69, 9.17) is 10.5 Å². The van der Waals surface area contributed by atoms with Crippen LogP contribution in [-0.4, -0.2) is 7.11 Å². The zero-order chi connectivity index (χ0) is 14.0. The summed E-state index contributed by atoms with van der Waals surface area (Å²) in [6.07, 6.45) is -4.42. The molecule has 1 heterocycles. The second-order valence-corrected chi connectivity index (χ2v) is 4.81. The molecule has 0 saturated heterocycles. The summed E-state index contributed by atoms with van der Waals surface area (Å²) in [7, 11) is 1.33.